The summed E-state index contributed by atoms with van der Waals surface area (Å²) < 4.78 is 0. The van der Waals surface area contributed by atoms with Gasteiger partial charge in [-0.05, 0) is 37.5 Å². The van der Waals surface area contributed by atoms with Crippen molar-refractivity contribution in [2.45, 2.75) is 64.3 Å². The van der Waals surface area contributed by atoms with E-state index in [1.54, 1.807) is 6.33 Å². The van der Waals surface area contributed by atoms with E-state index >= 15 is 0 Å². The van der Waals surface area contributed by atoms with E-state index < -0.39 is 0 Å². The maximum absolute atomic E-state index is 6.34. The number of rotatable bonds is 2. The van der Waals surface area contributed by atoms with Crippen LogP contribution < -0.4 is 4.90 Å². The van der Waals surface area contributed by atoms with Crippen LogP contribution in [0, 0.1) is 5.92 Å². The van der Waals surface area contributed by atoms with Gasteiger partial charge in [0.2, 0.25) is 0 Å². The minimum Gasteiger partial charge on any atom is -0.353 e. The molecule has 2 aliphatic rings. The summed E-state index contributed by atoms with van der Waals surface area (Å²) in [6, 6.07) is 0.668. The molecular formula is C16H24ClN3. The zero-order valence-corrected chi connectivity index (χ0v) is 13.2. The summed E-state index contributed by atoms with van der Waals surface area (Å²) in [5.41, 5.74) is 1.13. The number of halogens is 1. The SMILES string of the molecule is CC(C)c1c(Cl)ncnc1N1CCC[C@H]2CCCC[C@H]21. The first-order chi connectivity index (χ1) is 9.68. The lowest BCUT2D eigenvalue weighted by atomic mass is 9.78. The molecule has 1 saturated heterocycles. The average molecular weight is 294 g/mol. The van der Waals surface area contributed by atoms with Gasteiger partial charge < -0.3 is 4.90 Å². The summed E-state index contributed by atoms with van der Waals surface area (Å²) in [6.07, 6.45) is 9.73. The molecule has 3 rings (SSSR count). The molecule has 1 saturated carbocycles. The fraction of sp³-hybridized carbons (Fsp3) is 0.750. The fourth-order valence-electron chi connectivity index (χ4n) is 3.98. The van der Waals surface area contributed by atoms with Crippen molar-refractivity contribution in [3.05, 3.63) is 17.0 Å². The summed E-state index contributed by atoms with van der Waals surface area (Å²) in [7, 11) is 0. The molecule has 1 aromatic heterocycles. The summed E-state index contributed by atoms with van der Waals surface area (Å²) in [5, 5.41) is 0.628. The van der Waals surface area contributed by atoms with Crippen molar-refractivity contribution in [1.29, 1.82) is 0 Å². The molecule has 3 nitrogen and oxygen atoms in total. The summed E-state index contributed by atoms with van der Waals surface area (Å²) >= 11 is 6.34. The van der Waals surface area contributed by atoms with Crippen molar-refractivity contribution in [2.75, 3.05) is 11.4 Å². The van der Waals surface area contributed by atoms with Gasteiger partial charge in [0.15, 0.2) is 0 Å². The predicted octanol–water partition coefficient (Wildman–Crippen LogP) is 4.41. The second-order valence-corrected chi connectivity index (χ2v) is 6.86. The largest absolute Gasteiger partial charge is 0.353 e. The van der Waals surface area contributed by atoms with Crippen LogP contribution >= 0.6 is 11.6 Å². The minimum absolute atomic E-state index is 0.364. The molecule has 2 atom stereocenters. The Morgan fingerprint density at radius 3 is 2.70 bits per heavy atom. The molecule has 20 heavy (non-hydrogen) atoms. The summed E-state index contributed by atoms with van der Waals surface area (Å²) in [4.78, 5) is 11.3. The molecule has 2 fully saturated rings. The van der Waals surface area contributed by atoms with E-state index in [0.29, 0.717) is 17.1 Å². The molecule has 0 spiro atoms. The van der Waals surface area contributed by atoms with Crippen LogP contribution in [0.1, 0.15) is 63.9 Å². The number of anilines is 1. The fourth-order valence-corrected chi connectivity index (χ4v) is 4.32. The Balaban J connectivity index is 1.97. The number of hydrogen-bond donors (Lipinski definition) is 0. The average Bonchev–Trinajstić information content (AvgIpc) is 2.46. The molecule has 4 heteroatoms. The molecule has 0 N–H and O–H groups in total. The Hall–Kier alpha value is -0.830. The van der Waals surface area contributed by atoms with Crippen molar-refractivity contribution < 1.29 is 0 Å². The Labute approximate surface area is 126 Å². The second-order valence-electron chi connectivity index (χ2n) is 6.50. The standard InChI is InChI=1S/C16H24ClN3/c1-11(2)14-15(17)18-10-19-16(14)20-9-5-7-12-6-3-4-8-13(12)20/h10-13H,3-9H2,1-2H3/t12-,13-/m1/s1. The van der Waals surface area contributed by atoms with Gasteiger partial charge in [-0.25, -0.2) is 9.97 Å². The first kappa shape index (κ1) is 14.1. The second kappa shape index (κ2) is 5.88. The van der Waals surface area contributed by atoms with Crippen molar-refractivity contribution >= 4 is 17.4 Å². The topological polar surface area (TPSA) is 29.0 Å². The highest BCUT2D eigenvalue weighted by Crippen LogP contribution is 2.40. The monoisotopic (exact) mass is 293 g/mol. The van der Waals surface area contributed by atoms with Crippen molar-refractivity contribution in [3.63, 3.8) is 0 Å². The molecule has 0 bridgehead atoms. The lowest BCUT2D eigenvalue weighted by Crippen LogP contribution is -2.47. The van der Waals surface area contributed by atoms with Crippen LogP contribution in [0.4, 0.5) is 5.82 Å². The highest BCUT2D eigenvalue weighted by Gasteiger charge is 2.35. The molecule has 2 heterocycles. The molecule has 0 aromatic carbocycles. The van der Waals surface area contributed by atoms with Gasteiger partial charge in [-0.2, -0.15) is 0 Å². The van der Waals surface area contributed by atoms with Gasteiger partial charge in [0, 0.05) is 18.2 Å². The van der Waals surface area contributed by atoms with Crippen LogP contribution in [0.25, 0.3) is 0 Å². The number of piperidine rings is 1. The third-order valence-electron chi connectivity index (χ3n) is 4.91. The molecule has 110 valence electrons. The predicted molar refractivity (Wildman–Crippen MR) is 83.5 cm³/mol. The van der Waals surface area contributed by atoms with Gasteiger partial charge in [0.25, 0.3) is 0 Å². The smallest absolute Gasteiger partial charge is 0.138 e. The van der Waals surface area contributed by atoms with Crippen LogP contribution in [0.15, 0.2) is 6.33 Å². The van der Waals surface area contributed by atoms with E-state index in [9.17, 15) is 0 Å². The van der Waals surface area contributed by atoms with E-state index in [1.807, 2.05) is 0 Å². The molecule has 1 aliphatic carbocycles. The van der Waals surface area contributed by atoms with Gasteiger partial charge in [-0.3, -0.25) is 0 Å². The molecule has 0 amide bonds. The summed E-state index contributed by atoms with van der Waals surface area (Å²) in [5.74, 6) is 2.31. The zero-order valence-electron chi connectivity index (χ0n) is 12.5. The van der Waals surface area contributed by atoms with Crippen LogP contribution in [0.5, 0.6) is 0 Å². The first-order valence-corrected chi connectivity index (χ1v) is 8.33. The highest BCUT2D eigenvalue weighted by atomic mass is 35.5. The number of hydrogen-bond acceptors (Lipinski definition) is 3. The highest BCUT2D eigenvalue weighted by molar-refractivity contribution is 6.30. The molecule has 0 radical (unpaired) electrons. The van der Waals surface area contributed by atoms with Crippen LogP contribution in [-0.2, 0) is 0 Å². The lowest BCUT2D eigenvalue weighted by molar-refractivity contribution is 0.242. The first-order valence-electron chi connectivity index (χ1n) is 7.95. The molecular weight excluding hydrogens is 270 g/mol. The maximum Gasteiger partial charge on any atom is 0.138 e. The minimum atomic E-state index is 0.364. The number of aromatic nitrogens is 2. The Bertz CT molecular complexity index is 473. The van der Waals surface area contributed by atoms with Gasteiger partial charge in [0.05, 0.1) is 0 Å². The van der Waals surface area contributed by atoms with E-state index in [0.717, 1.165) is 23.8 Å². The van der Waals surface area contributed by atoms with Crippen molar-refractivity contribution in [2.24, 2.45) is 5.92 Å². The Morgan fingerprint density at radius 2 is 1.90 bits per heavy atom. The van der Waals surface area contributed by atoms with E-state index in [4.69, 9.17) is 11.6 Å². The Morgan fingerprint density at radius 1 is 1.15 bits per heavy atom. The zero-order chi connectivity index (χ0) is 14.1. The van der Waals surface area contributed by atoms with E-state index in [2.05, 4.69) is 28.7 Å². The Kier molecular flexibility index (Phi) is 4.16. The summed E-state index contributed by atoms with van der Waals surface area (Å²) in [6.45, 7) is 5.47. The molecule has 1 aliphatic heterocycles. The van der Waals surface area contributed by atoms with E-state index in [-0.39, 0.29) is 0 Å². The third-order valence-corrected chi connectivity index (χ3v) is 5.21. The van der Waals surface area contributed by atoms with Crippen molar-refractivity contribution in [1.82, 2.24) is 9.97 Å². The third kappa shape index (κ3) is 2.52. The maximum atomic E-state index is 6.34. The van der Waals surface area contributed by atoms with Gasteiger partial charge in [-0.1, -0.05) is 38.3 Å². The van der Waals surface area contributed by atoms with Gasteiger partial charge in [0.1, 0.15) is 17.3 Å². The van der Waals surface area contributed by atoms with Crippen LogP contribution in [0.2, 0.25) is 5.15 Å². The quantitative estimate of drug-likeness (QED) is 0.756. The molecule has 0 unspecified atom stereocenters. The van der Waals surface area contributed by atoms with Crippen LogP contribution in [0.3, 0.4) is 0 Å². The van der Waals surface area contributed by atoms with Gasteiger partial charge in [-0.15, -0.1) is 0 Å². The van der Waals surface area contributed by atoms with E-state index in [1.165, 1.54) is 38.5 Å². The molecule has 1 aromatic rings. The lowest BCUT2D eigenvalue weighted by Gasteiger charge is -2.45. The van der Waals surface area contributed by atoms with Crippen LogP contribution in [-0.4, -0.2) is 22.6 Å². The number of nitrogens with zero attached hydrogens (tertiary/aromatic N) is 3. The number of fused-ring (bicyclic) bond motifs is 1. The van der Waals surface area contributed by atoms with Crippen molar-refractivity contribution in [3.8, 4) is 0 Å². The normalized spacial score (nSPS) is 26.7. The van der Waals surface area contributed by atoms with Gasteiger partial charge >= 0.3 is 0 Å².